The number of hydrogen-bond donors (Lipinski definition) is 0. The van der Waals surface area contributed by atoms with Crippen LogP contribution in [0.1, 0.15) is 21.5 Å². The monoisotopic (exact) mass is 475 g/mol. The normalized spacial score (nSPS) is 11.4. The number of carbonyl (C=O) groups excluding carboxylic acids is 1. The van der Waals surface area contributed by atoms with Crippen LogP contribution in [0.4, 0.5) is 5.69 Å². The van der Waals surface area contributed by atoms with Crippen molar-refractivity contribution in [3.05, 3.63) is 115 Å². The van der Waals surface area contributed by atoms with Crippen LogP contribution in [0.2, 0.25) is 10.0 Å². The van der Waals surface area contributed by atoms with E-state index in [0.717, 1.165) is 16.5 Å². The van der Waals surface area contributed by atoms with E-state index in [-0.39, 0.29) is 16.8 Å². The summed E-state index contributed by atoms with van der Waals surface area (Å²) in [4.78, 5) is 23.4. The summed E-state index contributed by atoms with van der Waals surface area (Å²) in [5.74, 6) is -0.584. The van der Waals surface area contributed by atoms with Gasteiger partial charge in [-0.05, 0) is 29.8 Å². The highest BCUT2D eigenvalue weighted by atomic mass is 35.5. The second kappa shape index (κ2) is 9.29. The molecule has 6 nitrogen and oxygen atoms in total. The van der Waals surface area contributed by atoms with E-state index < -0.39 is 10.7 Å². The molecular formula is C25H15Cl2N3O3. The smallest absolute Gasteiger partial charge is 0.270 e. The molecule has 0 aliphatic carbocycles. The molecule has 1 heterocycles. The highest BCUT2D eigenvalue weighted by Gasteiger charge is 2.17. The third-order valence-corrected chi connectivity index (χ3v) is 5.75. The van der Waals surface area contributed by atoms with Crippen molar-refractivity contribution in [2.75, 3.05) is 0 Å². The molecule has 0 fully saturated rings. The van der Waals surface area contributed by atoms with Crippen LogP contribution < -0.4 is 0 Å². The summed E-state index contributed by atoms with van der Waals surface area (Å²) < 4.78 is 1.98. The first-order valence-corrected chi connectivity index (χ1v) is 10.6. The zero-order chi connectivity index (χ0) is 23.5. The molecule has 1 aromatic heterocycles. The zero-order valence-electron chi connectivity index (χ0n) is 17.0. The Balaban J connectivity index is 1.76. The number of Topliss-reactive ketones (excluding diaryl/α,β-unsaturated/α-hetero) is 1. The first-order valence-electron chi connectivity index (χ1n) is 9.80. The number of nitrogens with zero attached hydrogens (tertiary/aromatic N) is 3. The molecule has 8 heteroatoms. The van der Waals surface area contributed by atoms with Gasteiger partial charge in [-0.25, -0.2) is 0 Å². The number of ketones is 1. The van der Waals surface area contributed by atoms with Crippen molar-refractivity contribution in [1.82, 2.24) is 4.57 Å². The number of halogens is 2. The molecule has 33 heavy (non-hydrogen) atoms. The number of allylic oxidation sites excluding steroid dienone is 1. The van der Waals surface area contributed by atoms with Gasteiger partial charge >= 0.3 is 0 Å². The maximum atomic E-state index is 12.9. The molecule has 0 aliphatic rings. The molecule has 0 saturated carbocycles. The number of non-ortho nitro benzene ring substituents is 1. The third-order valence-electron chi connectivity index (χ3n) is 5.16. The Morgan fingerprint density at radius 1 is 1.09 bits per heavy atom. The van der Waals surface area contributed by atoms with Crippen LogP contribution in [0.5, 0.6) is 0 Å². The number of benzene rings is 3. The van der Waals surface area contributed by atoms with E-state index >= 15 is 0 Å². The van der Waals surface area contributed by atoms with Gasteiger partial charge in [-0.3, -0.25) is 14.9 Å². The number of carbonyl (C=O) groups is 1. The van der Waals surface area contributed by atoms with E-state index in [1.807, 2.05) is 47.2 Å². The Labute approximate surface area is 199 Å². The molecular weight excluding hydrogens is 461 g/mol. The van der Waals surface area contributed by atoms with Crippen molar-refractivity contribution in [2.45, 2.75) is 6.54 Å². The largest absolute Gasteiger partial charge is 0.342 e. The molecule has 162 valence electrons. The minimum absolute atomic E-state index is 0.0775. The van der Waals surface area contributed by atoms with Crippen LogP contribution in [-0.4, -0.2) is 15.3 Å². The molecule has 3 aromatic carbocycles. The Morgan fingerprint density at radius 3 is 2.61 bits per heavy atom. The quantitative estimate of drug-likeness (QED) is 0.102. The van der Waals surface area contributed by atoms with Crippen LogP contribution in [0, 0.1) is 21.4 Å². The van der Waals surface area contributed by atoms with Gasteiger partial charge in [0.15, 0.2) is 0 Å². The molecule has 0 amide bonds. The number of fused-ring (bicyclic) bond motifs is 1. The Bertz CT molecular complexity index is 1480. The van der Waals surface area contributed by atoms with E-state index in [9.17, 15) is 20.2 Å². The summed E-state index contributed by atoms with van der Waals surface area (Å²) in [5, 5.41) is 22.6. The van der Waals surface area contributed by atoms with Gasteiger partial charge in [0.1, 0.15) is 11.6 Å². The van der Waals surface area contributed by atoms with Crippen molar-refractivity contribution in [3.8, 4) is 6.07 Å². The summed E-state index contributed by atoms with van der Waals surface area (Å²) in [6.45, 7) is 0.463. The van der Waals surface area contributed by atoms with Crippen molar-refractivity contribution in [2.24, 2.45) is 0 Å². The van der Waals surface area contributed by atoms with Gasteiger partial charge in [-0.2, -0.15) is 5.26 Å². The van der Waals surface area contributed by atoms with Crippen LogP contribution >= 0.6 is 23.2 Å². The lowest BCUT2D eigenvalue weighted by molar-refractivity contribution is -0.384. The fourth-order valence-corrected chi connectivity index (χ4v) is 4.04. The molecule has 0 aliphatic heterocycles. The SMILES string of the molecule is N#CC(=Cc1cn(Cc2ccc(Cl)cc2Cl)c2ccccc12)C(=O)c1cccc([N+](=O)[O-])c1. The van der Waals surface area contributed by atoms with Crippen molar-refractivity contribution in [1.29, 1.82) is 5.26 Å². The average molecular weight is 476 g/mol. The van der Waals surface area contributed by atoms with E-state index in [1.165, 1.54) is 30.3 Å². The van der Waals surface area contributed by atoms with E-state index in [0.29, 0.717) is 22.2 Å². The molecule has 0 bridgehead atoms. The number of nitriles is 1. The van der Waals surface area contributed by atoms with Crippen molar-refractivity contribution < 1.29 is 9.72 Å². The van der Waals surface area contributed by atoms with Gasteiger partial charge in [0.05, 0.1) is 4.92 Å². The van der Waals surface area contributed by atoms with E-state index in [1.54, 1.807) is 12.1 Å². The molecule has 0 saturated heterocycles. The second-order valence-corrected chi connectivity index (χ2v) is 8.12. The first-order chi connectivity index (χ1) is 15.9. The maximum Gasteiger partial charge on any atom is 0.270 e. The average Bonchev–Trinajstić information content (AvgIpc) is 3.16. The molecule has 0 radical (unpaired) electrons. The molecule has 0 spiro atoms. The molecule has 0 N–H and O–H groups in total. The molecule has 4 rings (SSSR count). The first kappa shape index (κ1) is 22.3. The zero-order valence-corrected chi connectivity index (χ0v) is 18.5. The van der Waals surface area contributed by atoms with Gasteiger partial charge in [0.25, 0.3) is 5.69 Å². The molecule has 4 aromatic rings. The Morgan fingerprint density at radius 2 is 1.88 bits per heavy atom. The van der Waals surface area contributed by atoms with Crippen LogP contribution in [-0.2, 0) is 6.54 Å². The van der Waals surface area contributed by atoms with Crippen LogP contribution in [0.3, 0.4) is 0 Å². The fraction of sp³-hybridized carbons (Fsp3) is 0.0400. The predicted octanol–water partition coefficient (Wildman–Crippen LogP) is 6.69. The lowest BCUT2D eigenvalue weighted by atomic mass is 10.0. The molecule has 0 unspecified atom stereocenters. The van der Waals surface area contributed by atoms with Gasteiger partial charge < -0.3 is 4.57 Å². The standard InChI is InChI=1S/C25H15Cl2N3O3/c26-20-9-8-17(23(27)12-20)14-29-15-19(22-6-1-2-7-24(22)29)10-18(13-28)25(31)16-4-3-5-21(11-16)30(32)33/h1-12,15H,14H2. The van der Waals surface area contributed by atoms with Crippen molar-refractivity contribution >= 4 is 51.7 Å². The second-order valence-electron chi connectivity index (χ2n) is 7.27. The Hall–Kier alpha value is -3.92. The van der Waals surface area contributed by atoms with Crippen LogP contribution in [0.25, 0.3) is 17.0 Å². The number of aromatic nitrogens is 1. The van der Waals surface area contributed by atoms with Gasteiger partial charge in [-0.1, -0.05) is 59.6 Å². The maximum absolute atomic E-state index is 12.9. The van der Waals surface area contributed by atoms with Crippen LogP contribution in [0.15, 0.2) is 78.5 Å². The summed E-state index contributed by atoms with van der Waals surface area (Å²) in [6, 6.07) is 20.2. The summed E-state index contributed by atoms with van der Waals surface area (Å²) in [5.41, 5.74) is 2.18. The Kier molecular flexibility index (Phi) is 6.27. The molecule has 0 atom stereocenters. The number of para-hydroxylation sites is 1. The third kappa shape index (κ3) is 4.65. The van der Waals surface area contributed by atoms with Crippen molar-refractivity contribution in [3.63, 3.8) is 0 Å². The summed E-state index contributed by atoms with van der Waals surface area (Å²) in [7, 11) is 0. The van der Waals surface area contributed by atoms with Gasteiger partial charge in [0.2, 0.25) is 5.78 Å². The van der Waals surface area contributed by atoms with Gasteiger partial charge in [-0.15, -0.1) is 0 Å². The number of nitro benzene ring substituents is 1. The number of rotatable bonds is 6. The number of hydrogen-bond acceptors (Lipinski definition) is 4. The highest BCUT2D eigenvalue weighted by Crippen LogP contribution is 2.28. The lowest BCUT2D eigenvalue weighted by Gasteiger charge is -2.08. The van der Waals surface area contributed by atoms with E-state index in [4.69, 9.17) is 23.2 Å². The summed E-state index contributed by atoms with van der Waals surface area (Å²) >= 11 is 12.3. The van der Waals surface area contributed by atoms with Gasteiger partial charge in [0, 0.05) is 56.9 Å². The minimum atomic E-state index is -0.584. The van der Waals surface area contributed by atoms with E-state index in [2.05, 4.69) is 0 Å². The fourth-order valence-electron chi connectivity index (χ4n) is 3.57. The topological polar surface area (TPSA) is 88.9 Å². The number of nitro groups is 1. The predicted molar refractivity (Wildman–Crippen MR) is 129 cm³/mol. The lowest BCUT2D eigenvalue weighted by Crippen LogP contribution is -2.02. The highest BCUT2D eigenvalue weighted by molar-refractivity contribution is 6.35. The minimum Gasteiger partial charge on any atom is -0.342 e. The summed E-state index contributed by atoms with van der Waals surface area (Å²) in [6.07, 6.45) is 3.34.